The Bertz CT molecular complexity index is 280. The fourth-order valence-corrected chi connectivity index (χ4v) is 4.14. The molecule has 0 nitrogen and oxygen atoms in total. The lowest BCUT2D eigenvalue weighted by atomic mass is 9.68. The molecular formula is C17H30. The molecule has 0 radical (unpaired) electrons. The van der Waals surface area contributed by atoms with E-state index in [0.717, 1.165) is 17.3 Å². The van der Waals surface area contributed by atoms with Crippen LogP contribution in [0.15, 0.2) is 12.2 Å². The third kappa shape index (κ3) is 3.14. The fraction of sp³-hybridized carbons (Fsp3) is 0.882. The van der Waals surface area contributed by atoms with Crippen molar-refractivity contribution in [3.8, 4) is 0 Å². The highest BCUT2D eigenvalue weighted by atomic mass is 14.6. The first kappa shape index (κ1) is 13.2. The van der Waals surface area contributed by atoms with Crippen molar-refractivity contribution in [3.63, 3.8) is 0 Å². The average Bonchev–Trinajstić information content (AvgIpc) is 2.96. The molecule has 0 spiro atoms. The highest BCUT2D eigenvalue weighted by molar-refractivity contribution is 5.05. The first-order valence-corrected chi connectivity index (χ1v) is 7.48. The SMILES string of the molecule is C=C(C)C1CCC(C2(CC(C)(C)C)CC2)CC1. The van der Waals surface area contributed by atoms with Gasteiger partial charge in [0.25, 0.3) is 0 Å². The largest absolute Gasteiger partial charge is 0.0999 e. The summed E-state index contributed by atoms with van der Waals surface area (Å²) in [7, 11) is 0. The molecule has 0 N–H and O–H groups in total. The van der Waals surface area contributed by atoms with Gasteiger partial charge in [-0.05, 0) is 74.5 Å². The van der Waals surface area contributed by atoms with Crippen molar-refractivity contribution in [2.45, 2.75) is 72.6 Å². The molecule has 0 heteroatoms. The third-order valence-corrected chi connectivity index (χ3v) is 5.06. The van der Waals surface area contributed by atoms with Gasteiger partial charge in [0.2, 0.25) is 0 Å². The van der Waals surface area contributed by atoms with Gasteiger partial charge in [0.05, 0.1) is 0 Å². The number of hydrogen-bond acceptors (Lipinski definition) is 0. The maximum Gasteiger partial charge on any atom is -0.0208 e. The molecule has 0 aromatic rings. The molecule has 2 aliphatic carbocycles. The fourth-order valence-electron chi connectivity index (χ4n) is 4.14. The van der Waals surface area contributed by atoms with Crippen LogP contribution in [0.5, 0.6) is 0 Å². The minimum atomic E-state index is 0.516. The smallest absolute Gasteiger partial charge is 0.0208 e. The average molecular weight is 234 g/mol. The topological polar surface area (TPSA) is 0 Å². The maximum absolute atomic E-state index is 4.14. The molecule has 17 heavy (non-hydrogen) atoms. The van der Waals surface area contributed by atoms with E-state index in [1.165, 1.54) is 50.5 Å². The van der Waals surface area contributed by atoms with E-state index in [-0.39, 0.29) is 0 Å². The molecule has 2 saturated carbocycles. The number of rotatable bonds is 3. The van der Waals surface area contributed by atoms with Crippen LogP contribution in [-0.2, 0) is 0 Å². The van der Waals surface area contributed by atoms with E-state index in [0.29, 0.717) is 5.41 Å². The maximum atomic E-state index is 4.14. The zero-order chi connectivity index (χ0) is 12.7. The first-order chi connectivity index (χ1) is 7.82. The second kappa shape index (κ2) is 4.44. The molecule has 0 saturated heterocycles. The zero-order valence-electron chi connectivity index (χ0n) is 12.3. The quantitative estimate of drug-likeness (QED) is 0.559. The van der Waals surface area contributed by atoms with Gasteiger partial charge in [-0.15, -0.1) is 0 Å². The van der Waals surface area contributed by atoms with Crippen molar-refractivity contribution in [1.29, 1.82) is 0 Å². The van der Waals surface area contributed by atoms with Crippen molar-refractivity contribution in [2.24, 2.45) is 22.7 Å². The van der Waals surface area contributed by atoms with Crippen LogP contribution in [0, 0.1) is 22.7 Å². The standard InChI is InChI=1S/C17H30/c1-13(2)14-6-8-15(9-7-14)17(10-11-17)12-16(3,4)5/h14-15H,1,6-12H2,2-5H3. The van der Waals surface area contributed by atoms with E-state index in [1.54, 1.807) is 0 Å². The molecule has 2 rings (SSSR count). The Morgan fingerprint density at radius 2 is 1.65 bits per heavy atom. The van der Waals surface area contributed by atoms with Crippen LogP contribution >= 0.6 is 0 Å². The molecule has 2 aliphatic rings. The number of hydrogen-bond donors (Lipinski definition) is 0. The summed E-state index contributed by atoms with van der Waals surface area (Å²) in [4.78, 5) is 0. The summed E-state index contributed by atoms with van der Waals surface area (Å²) in [6, 6.07) is 0. The Labute approximate surface area is 108 Å². The van der Waals surface area contributed by atoms with Crippen LogP contribution in [0.2, 0.25) is 0 Å². The highest BCUT2D eigenvalue weighted by Crippen LogP contribution is 2.62. The van der Waals surface area contributed by atoms with Crippen molar-refractivity contribution in [2.75, 3.05) is 0 Å². The van der Waals surface area contributed by atoms with Gasteiger partial charge >= 0.3 is 0 Å². The molecule has 0 unspecified atom stereocenters. The minimum Gasteiger partial charge on any atom is -0.0999 e. The Hall–Kier alpha value is -0.260. The monoisotopic (exact) mass is 234 g/mol. The van der Waals surface area contributed by atoms with Gasteiger partial charge in [-0.3, -0.25) is 0 Å². The van der Waals surface area contributed by atoms with Gasteiger partial charge in [0.15, 0.2) is 0 Å². The predicted octanol–water partition coefficient (Wildman–Crippen LogP) is 5.59. The van der Waals surface area contributed by atoms with Gasteiger partial charge in [-0.2, -0.15) is 0 Å². The highest BCUT2D eigenvalue weighted by Gasteiger charge is 2.50. The van der Waals surface area contributed by atoms with Crippen molar-refractivity contribution < 1.29 is 0 Å². The third-order valence-electron chi connectivity index (χ3n) is 5.06. The second-order valence-corrected chi connectivity index (χ2v) is 7.99. The lowest BCUT2D eigenvalue weighted by molar-refractivity contribution is 0.147. The Morgan fingerprint density at radius 3 is 2.00 bits per heavy atom. The van der Waals surface area contributed by atoms with Crippen LogP contribution in [0.1, 0.15) is 72.6 Å². The molecule has 0 atom stereocenters. The van der Waals surface area contributed by atoms with E-state index in [2.05, 4.69) is 34.3 Å². The molecule has 2 fully saturated rings. The van der Waals surface area contributed by atoms with Gasteiger partial charge in [-0.25, -0.2) is 0 Å². The molecule has 0 aliphatic heterocycles. The Balaban J connectivity index is 1.90. The van der Waals surface area contributed by atoms with Crippen molar-refractivity contribution >= 4 is 0 Å². The molecule has 0 amide bonds. The van der Waals surface area contributed by atoms with Gasteiger partial charge in [-0.1, -0.05) is 32.9 Å². The lowest BCUT2D eigenvalue weighted by Gasteiger charge is -2.37. The van der Waals surface area contributed by atoms with Gasteiger partial charge in [0, 0.05) is 0 Å². The van der Waals surface area contributed by atoms with E-state index < -0.39 is 0 Å². The summed E-state index contributed by atoms with van der Waals surface area (Å²) >= 11 is 0. The minimum absolute atomic E-state index is 0.516. The normalized spacial score (nSPS) is 32.2. The summed E-state index contributed by atoms with van der Waals surface area (Å²) < 4.78 is 0. The predicted molar refractivity (Wildman–Crippen MR) is 76.0 cm³/mol. The number of allylic oxidation sites excluding steroid dienone is 1. The summed E-state index contributed by atoms with van der Waals surface area (Å²) in [5, 5.41) is 0. The van der Waals surface area contributed by atoms with Crippen molar-refractivity contribution in [3.05, 3.63) is 12.2 Å². The molecule has 0 aromatic carbocycles. The molecular weight excluding hydrogens is 204 g/mol. The molecule has 98 valence electrons. The van der Waals surface area contributed by atoms with Crippen LogP contribution in [-0.4, -0.2) is 0 Å². The van der Waals surface area contributed by atoms with Crippen LogP contribution in [0.25, 0.3) is 0 Å². The van der Waals surface area contributed by atoms with E-state index in [9.17, 15) is 0 Å². The molecule has 0 heterocycles. The molecule has 0 bridgehead atoms. The van der Waals surface area contributed by atoms with Gasteiger partial charge in [0.1, 0.15) is 0 Å². The van der Waals surface area contributed by atoms with Crippen LogP contribution in [0.3, 0.4) is 0 Å². The molecule has 0 aromatic heterocycles. The van der Waals surface area contributed by atoms with E-state index >= 15 is 0 Å². The second-order valence-electron chi connectivity index (χ2n) is 7.99. The lowest BCUT2D eigenvalue weighted by Crippen LogP contribution is -2.26. The van der Waals surface area contributed by atoms with E-state index in [1.807, 2.05) is 0 Å². The van der Waals surface area contributed by atoms with Crippen LogP contribution < -0.4 is 0 Å². The van der Waals surface area contributed by atoms with Crippen LogP contribution in [0.4, 0.5) is 0 Å². The zero-order valence-corrected chi connectivity index (χ0v) is 12.3. The first-order valence-electron chi connectivity index (χ1n) is 7.48. The summed E-state index contributed by atoms with van der Waals surface area (Å²) in [5.41, 5.74) is 2.68. The van der Waals surface area contributed by atoms with Crippen molar-refractivity contribution in [1.82, 2.24) is 0 Å². The Morgan fingerprint density at radius 1 is 1.12 bits per heavy atom. The summed E-state index contributed by atoms with van der Waals surface area (Å²) in [6.45, 7) is 13.6. The van der Waals surface area contributed by atoms with E-state index in [4.69, 9.17) is 0 Å². The summed E-state index contributed by atoms with van der Waals surface area (Å²) in [5.74, 6) is 1.86. The Kier molecular flexibility index (Phi) is 3.45. The van der Waals surface area contributed by atoms with Gasteiger partial charge < -0.3 is 0 Å². The summed E-state index contributed by atoms with van der Waals surface area (Å²) in [6.07, 6.45) is 10.2.